The molecule has 0 aromatic rings. The van der Waals surface area contributed by atoms with Crippen LogP contribution in [0, 0.1) is 5.92 Å². The van der Waals surface area contributed by atoms with Crippen LogP contribution >= 0.6 is 0 Å². The Morgan fingerprint density at radius 1 is 1.45 bits per heavy atom. The zero-order valence-electron chi connectivity index (χ0n) is 7.93. The summed E-state index contributed by atoms with van der Waals surface area (Å²) in [5.41, 5.74) is 0. The molecule has 1 saturated heterocycles. The van der Waals surface area contributed by atoms with Crippen molar-refractivity contribution in [1.29, 1.82) is 0 Å². The Hall–Kier alpha value is -0.0800. The van der Waals surface area contributed by atoms with Gasteiger partial charge in [0.2, 0.25) is 0 Å². The lowest BCUT2D eigenvalue weighted by molar-refractivity contribution is 0.172. The van der Waals surface area contributed by atoms with E-state index >= 15 is 0 Å². The average molecular weight is 156 g/mol. The summed E-state index contributed by atoms with van der Waals surface area (Å²) in [6, 6.07) is 0.814. The van der Waals surface area contributed by atoms with Crippen LogP contribution in [0.3, 0.4) is 0 Å². The quantitative estimate of drug-likeness (QED) is 0.651. The molecule has 0 amide bonds. The minimum Gasteiger partial charge on any atom is -0.314 e. The maximum atomic E-state index is 3.29. The van der Waals surface area contributed by atoms with E-state index in [9.17, 15) is 0 Å². The number of nitrogens with one attached hydrogen (secondary N) is 1. The Bertz CT molecular complexity index is 108. The summed E-state index contributed by atoms with van der Waals surface area (Å²) in [4.78, 5) is 2.47. The van der Waals surface area contributed by atoms with Gasteiger partial charge in [-0.2, -0.15) is 0 Å². The fourth-order valence-corrected chi connectivity index (χ4v) is 1.23. The normalized spacial score (nSPS) is 19.4. The Kier molecular flexibility index (Phi) is 3.34. The van der Waals surface area contributed by atoms with Gasteiger partial charge in [-0.3, -0.25) is 0 Å². The Morgan fingerprint density at radius 3 is 2.45 bits per heavy atom. The molecule has 0 saturated carbocycles. The molecule has 0 atom stereocenters. The molecule has 1 aliphatic rings. The lowest BCUT2D eigenvalue weighted by Gasteiger charge is -2.35. The predicted molar refractivity (Wildman–Crippen MR) is 48.7 cm³/mol. The third kappa shape index (κ3) is 2.80. The number of rotatable bonds is 4. The lowest BCUT2D eigenvalue weighted by Crippen LogP contribution is -2.56. The van der Waals surface area contributed by atoms with Gasteiger partial charge in [-0.15, -0.1) is 0 Å². The summed E-state index contributed by atoms with van der Waals surface area (Å²) in [7, 11) is 2.23. The molecule has 66 valence electrons. The topological polar surface area (TPSA) is 15.3 Å². The molecule has 0 aromatic carbocycles. The monoisotopic (exact) mass is 156 g/mol. The van der Waals surface area contributed by atoms with Crippen molar-refractivity contribution in [3.63, 3.8) is 0 Å². The Labute approximate surface area is 70.0 Å². The van der Waals surface area contributed by atoms with Crippen molar-refractivity contribution in [2.75, 3.05) is 26.7 Å². The Morgan fingerprint density at radius 2 is 2.09 bits per heavy atom. The second-order valence-corrected chi connectivity index (χ2v) is 3.98. The molecule has 0 spiro atoms. The summed E-state index contributed by atoms with van der Waals surface area (Å²) >= 11 is 0. The first-order chi connectivity index (χ1) is 5.20. The number of nitrogens with zero attached hydrogens (tertiary/aromatic N) is 1. The molecule has 1 rings (SSSR count). The van der Waals surface area contributed by atoms with Gasteiger partial charge < -0.3 is 10.2 Å². The zero-order valence-corrected chi connectivity index (χ0v) is 7.93. The van der Waals surface area contributed by atoms with E-state index in [4.69, 9.17) is 0 Å². The minimum atomic E-state index is 0.814. The standard InChI is InChI=1S/C9H20N2/c1-8(2)4-5-11(3)9-6-10-7-9/h8-10H,4-7H2,1-3H3. The molecule has 0 aromatic heterocycles. The van der Waals surface area contributed by atoms with Crippen LogP contribution in [0.5, 0.6) is 0 Å². The smallest absolute Gasteiger partial charge is 0.0342 e. The van der Waals surface area contributed by atoms with Crippen molar-refractivity contribution < 1.29 is 0 Å². The van der Waals surface area contributed by atoms with E-state index in [2.05, 4.69) is 31.1 Å². The molecular weight excluding hydrogens is 136 g/mol. The van der Waals surface area contributed by atoms with Crippen molar-refractivity contribution in [2.24, 2.45) is 5.92 Å². The number of hydrogen-bond acceptors (Lipinski definition) is 2. The van der Waals surface area contributed by atoms with Gasteiger partial charge >= 0.3 is 0 Å². The van der Waals surface area contributed by atoms with Gasteiger partial charge in [0.05, 0.1) is 0 Å². The summed E-state index contributed by atoms with van der Waals surface area (Å²) in [5.74, 6) is 0.838. The van der Waals surface area contributed by atoms with Gasteiger partial charge in [0, 0.05) is 19.1 Å². The second kappa shape index (κ2) is 4.07. The molecule has 0 aliphatic carbocycles. The summed E-state index contributed by atoms with van der Waals surface area (Å²) < 4.78 is 0. The highest BCUT2D eigenvalue weighted by molar-refractivity contribution is 4.82. The maximum absolute atomic E-state index is 3.29. The van der Waals surface area contributed by atoms with Gasteiger partial charge in [-0.1, -0.05) is 13.8 Å². The fourth-order valence-electron chi connectivity index (χ4n) is 1.23. The first kappa shape index (κ1) is 9.01. The zero-order chi connectivity index (χ0) is 8.27. The van der Waals surface area contributed by atoms with Crippen LogP contribution in [-0.2, 0) is 0 Å². The van der Waals surface area contributed by atoms with E-state index in [1.165, 1.54) is 26.1 Å². The molecule has 2 nitrogen and oxygen atoms in total. The minimum absolute atomic E-state index is 0.814. The van der Waals surface area contributed by atoms with Gasteiger partial charge in [0.15, 0.2) is 0 Å². The largest absolute Gasteiger partial charge is 0.314 e. The third-order valence-electron chi connectivity index (χ3n) is 2.44. The van der Waals surface area contributed by atoms with Crippen LogP contribution in [0.2, 0.25) is 0 Å². The van der Waals surface area contributed by atoms with Crippen molar-refractivity contribution in [2.45, 2.75) is 26.3 Å². The van der Waals surface area contributed by atoms with Crippen molar-refractivity contribution in [1.82, 2.24) is 10.2 Å². The van der Waals surface area contributed by atoms with E-state index in [0.29, 0.717) is 0 Å². The van der Waals surface area contributed by atoms with Crippen LogP contribution in [-0.4, -0.2) is 37.6 Å². The number of hydrogen-bond donors (Lipinski definition) is 1. The van der Waals surface area contributed by atoms with Crippen LogP contribution in [0.25, 0.3) is 0 Å². The summed E-state index contributed by atoms with van der Waals surface area (Å²) in [5, 5.41) is 3.29. The van der Waals surface area contributed by atoms with Crippen molar-refractivity contribution >= 4 is 0 Å². The summed E-state index contributed by atoms with van der Waals surface area (Å²) in [6.45, 7) is 8.20. The molecule has 1 fully saturated rings. The van der Waals surface area contributed by atoms with Crippen LogP contribution in [0.15, 0.2) is 0 Å². The van der Waals surface area contributed by atoms with Gasteiger partial charge in [0.1, 0.15) is 0 Å². The first-order valence-corrected chi connectivity index (χ1v) is 4.61. The molecule has 2 heteroatoms. The molecule has 1 heterocycles. The van der Waals surface area contributed by atoms with Crippen LogP contribution in [0.4, 0.5) is 0 Å². The van der Waals surface area contributed by atoms with E-state index < -0.39 is 0 Å². The molecule has 0 unspecified atom stereocenters. The third-order valence-corrected chi connectivity index (χ3v) is 2.44. The van der Waals surface area contributed by atoms with Gasteiger partial charge in [-0.25, -0.2) is 0 Å². The van der Waals surface area contributed by atoms with E-state index in [1.54, 1.807) is 0 Å². The highest BCUT2D eigenvalue weighted by Crippen LogP contribution is 2.06. The van der Waals surface area contributed by atoms with Crippen molar-refractivity contribution in [3.05, 3.63) is 0 Å². The SMILES string of the molecule is CC(C)CCN(C)C1CNC1. The molecule has 1 aliphatic heterocycles. The Balaban J connectivity index is 2.05. The number of likely N-dealkylation sites (N-methyl/N-ethyl adjacent to an activating group) is 1. The molecule has 11 heavy (non-hydrogen) atoms. The van der Waals surface area contributed by atoms with E-state index in [-0.39, 0.29) is 0 Å². The molecular formula is C9H20N2. The van der Waals surface area contributed by atoms with Crippen molar-refractivity contribution in [3.8, 4) is 0 Å². The first-order valence-electron chi connectivity index (χ1n) is 4.61. The summed E-state index contributed by atoms with van der Waals surface area (Å²) in [6.07, 6.45) is 1.33. The highest BCUT2D eigenvalue weighted by atomic mass is 15.2. The van der Waals surface area contributed by atoms with Crippen LogP contribution in [0.1, 0.15) is 20.3 Å². The van der Waals surface area contributed by atoms with Gasteiger partial charge in [-0.05, 0) is 25.9 Å². The van der Waals surface area contributed by atoms with E-state index in [1.807, 2.05) is 0 Å². The highest BCUT2D eigenvalue weighted by Gasteiger charge is 2.20. The molecule has 0 bridgehead atoms. The molecule has 0 radical (unpaired) electrons. The predicted octanol–water partition coefficient (Wildman–Crippen LogP) is 0.936. The maximum Gasteiger partial charge on any atom is 0.0342 e. The van der Waals surface area contributed by atoms with Gasteiger partial charge in [0.25, 0.3) is 0 Å². The van der Waals surface area contributed by atoms with Crippen LogP contribution < -0.4 is 5.32 Å². The second-order valence-electron chi connectivity index (χ2n) is 3.98. The van der Waals surface area contributed by atoms with E-state index in [0.717, 1.165) is 12.0 Å². The lowest BCUT2D eigenvalue weighted by atomic mass is 10.1. The molecule has 1 N–H and O–H groups in total. The fraction of sp³-hybridized carbons (Fsp3) is 1.00. The average Bonchev–Trinajstić information content (AvgIpc) is 1.79.